The van der Waals surface area contributed by atoms with Crippen LogP contribution < -0.4 is 5.73 Å². The van der Waals surface area contributed by atoms with E-state index in [1.807, 2.05) is 13.8 Å². The lowest BCUT2D eigenvalue weighted by molar-refractivity contribution is -0.122. The number of amides is 2. The summed E-state index contributed by atoms with van der Waals surface area (Å²) in [7, 11) is -1.21. The quantitative estimate of drug-likeness (QED) is 0.524. The standard InChI is InChI=1S/C22H28ClN3O5S/c1-15(2)13-20(21(24)27)26(32(29,30)19-11-9-18(23)10-12-19)14-16-5-7-17(8-6-16)22(28)25(3)31-4/h5-12,15,20H,13-14H2,1-4H3,(H2,24,27)/t20-/m0/s1. The van der Waals surface area contributed by atoms with Gasteiger partial charge < -0.3 is 5.73 Å². The largest absolute Gasteiger partial charge is 0.368 e. The summed E-state index contributed by atoms with van der Waals surface area (Å²) in [4.78, 5) is 29.4. The summed E-state index contributed by atoms with van der Waals surface area (Å²) in [5, 5.41) is 1.48. The molecule has 8 nitrogen and oxygen atoms in total. The van der Waals surface area contributed by atoms with E-state index in [0.29, 0.717) is 16.1 Å². The monoisotopic (exact) mass is 481 g/mol. The van der Waals surface area contributed by atoms with E-state index in [4.69, 9.17) is 22.2 Å². The first kappa shape index (κ1) is 25.8. The second kappa shape index (κ2) is 10.9. The SMILES string of the molecule is CON(C)C(=O)c1ccc(CN([C@@H](CC(C)C)C(N)=O)S(=O)(=O)c2ccc(Cl)cc2)cc1. The van der Waals surface area contributed by atoms with Crippen LogP contribution in [0.5, 0.6) is 0 Å². The number of halogens is 1. The van der Waals surface area contributed by atoms with Gasteiger partial charge in [0.05, 0.1) is 12.0 Å². The van der Waals surface area contributed by atoms with Crippen LogP contribution in [0.15, 0.2) is 53.4 Å². The molecule has 0 fully saturated rings. The van der Waals surface area contributed by atoms with Crippen molar-refractivity contribution in [3.05, 3.63) is 64.7 Å². The highest BCUT2D eigenvalue weighted by molar-refractivity contribution is 7.89. The number of carbonyl (C=O) groups is 2. The highest BCUT2D eigenvalue weighted by atomic mass is 35.5. The molecular weight excluding hydrogens is 454 g/mol. The van der Waals surface area contributed by atoms with E-state index in [0.717, 1.165) is 9.37 Å². The molecule has 0 heterocycles. The van der Waals surface area contributed by atoms with E-state index >= 15 is 0 Å². The molecule has 0 saturated carbocycles. The number of hydrogen-bond acceptors (Lipinski definition) is 5. The fourth-order valence-corrected chi connectivity index (χ4v) is 4.85. The summed E-state index contributed by atoms with van der Waals surface area (Å²) in [5.74, 6) is -1.05. The molecule has 0 aliphatic carbocycles. The average molecular weight is 482 g/mol. The molecular formula is C22H28ClN3O5S. The summed E-state index contributed by atoms with van der Waals surface area (Å²) < 4.78 is 28.1. The van der Waals surface area contributed by atoms with E-state index in [2.05, 4.69) is 0 Å². The Kier molecular flexibility index (Phi) is 8.80. The van der Waals surface area contributed by atoms with Gasteiger partial charge in [-0.05, 0) is 54.3 Å². The molecule has 2 N–H and O–H groups in total. The lowest BCUT2D eigenvalue weighted by atomic mass is 10.0. The third kappa shape index (κ3) is 6.29. The van der Waals surface area contributed by atoms with Gasteiger partial charge in [-0.15, -0.1) is 0 Å². The van der Waals surface area contributed by atoms with E-state index in [9.17, 15) is 18.0 Å². The second-order valence-corrected chi connectivity index (χ2v) is 10.1. The zero-order chi connectivity index (χ0) is 24.1. The number of nitrogens with zero attached hydrogens (tertiary/aromatic N) is 2. The minimum Gasteiger partial charge on any atom is -0.368 e. The Hall–Kier alpha value is -2.46. The van der Waals surface area contributed by atoms with Gasteiger partial charge in [0, 0.05) is 24.2 Å². The molecule has 2 rings (SSSR count). The highest BCUT2D eigenvalue weighted by Crippen LogP contribution is 2.25. The summed E-state index contributed by atoms with van der Waals surface area (Å²) in [6.07, 6.45) is 0.261. The predicted octanol–water partition coefficient (Wildman–Crippen LogP) is 3.06. The molecule has 32 heavy (non-hydrogen) atoms. The minimum atomic E-state index is -4.07. The second-order valence-electron chi connectivity index (χ2n) is 7.73. The van der Waals surface area contributed by atoms with Crippen molar-refractivity contribution in [3.8, 4) is 0 Å². The van der Waals surface area contributed by atoms with Crippen molar-refractivity contribution < 1.29 is 22.8 Å². The van der Waals surface area contributed by atoms with Gasteiger partial charge in [0.2, 0.25) is 15.9 Å². The Bertz CT molecular complexity index is 1040. The maximum atomic E-state index is 13.5. The van der Waals surface area contributed by atoms with Gasteiger partial charge in [-0.1, -0.05) is 37.6 Å². The van der Waals surface area contributed by atoms with Crippen LogP contribution >= 0.6 is 11.6 Å². The summed E-state index contributed by atoms with van der Waals surface area (Å²) in [6, 6.07) is 11.1. The first-order valence-electron chi connectivity index (χ1n) is 9.95. The smallest absolute Gasteiger partial charge is 0.277 e. The molecule has 0 aliphatic heterocycles. The zero-order valence-electron chi connectivity index (χ0n) is 18.5. The van der Waals surface area contributed by atoms with Gasteiger partial charge in [-0.3, -0.25) is 14.4 Å². The van der Waals surface area contributed by atoms with Crippen molar-refractivity contribution >= 4 is 33.4 Å². The Labute approximate surface area is 193 Å². The molecule has 2 aromatic carbocycles. The molecule has 0 radical (unpaired) electrons. The Morgan fingerprint density at radius 2 is 1.62 bits per heavy atom. The molecule has 0 saturated heterocycles. The molecule has 2 aromatic rings. The highest BCUT2D eigenvalue weighted by Gasteiger charge is 2.35. The normalized spacial score (nSPS) is 12.7. The van der Waals surface area contributed by atoms with Crippen molar-refractivity contribution in [2.75, 3.05) is 14.2 Å². The number of sulfonamides is 1. The number of benzene rings is 2. The summed E-state index contributed by atoms with van der Waals surface area (Å²) in [6.45, 7) is 3.67. The van der Waals surface area contributed by atoms with E-state index in [1.165, 1.54) is 38.4 Å². The zero-order valence-corrected chi connectivity index (χ0v) is 20.1. The Morgan fingerprint density at radius 1 is 1.06 bits per heavy atom. The fraction of sp³-hybridized carbons (Fsp3) is 0.364. The Morgan fingerprint density at radius 3 is 2.09 bits per heavy atom. The van der Waals surface area contributed by atoms with Crippen LogP contribution in [0.1, 0.15) is 36.2 Å². The molecule has 174 valence electrons. The molecule has 0 bridgehead atoms. The molecule has 0 unspecified atom stereocenters. The number of carbonyl (C=O) groups excluding carboxylic acids is 2. The molecule has 0 aromatic heterocycles. The summed E-state index contributed by atoms with van der Waals surface area (Å²) in [5.41, 5.74) is 6.59. The van der Waals surface area contributed by atoms with Crippen LogP contribution in [0.3, 0.4) is 0 Å². The number of hydrogen-bond donors (Lipinski definition) is 1. The summed E-state index contributed by atoms with van der Waals surface area (Å²) >= 11 is 5.90. The van der Waals surface area contributed by atoms with Crippen LogP contribution in [-0.4, -0.2) is 49.8 Å². The molecule has 1 atom stereocenters. The van der Waals surface area contributed by atoms with E-state index in [1.54, 1.807) is 24.3 Å². The van der Waals surface area contributed by atoms with Gasteiger partial charge in [0.15, 0.2) is 0 Å². The van der Waals surface area contributed by atoms with Crippen molar-refractivity contribution in [2.45, 2.75) is 37.8 Å². The van der Waals surface area contributed by atoms with Crippen LogP contribution in [0.25, 0.3) is 0 Å². The number of hydroxylamine groups is 2. The van der Waals surface area contributed by atoms with Crippen molar-refractivity contribution in [1.82, 2.24) is 9.37 Å². The van der Waals surface area contributed by atoms with Crippen LogP contribution in [0, 0.1) is 5.92 Å². The third-order valence-electron chi connectivity index (χ3n) is 4.89. The molecule has 0 aliphatic rings. The number of rotatable bonds is 10. The van der Waals surface area contributed by atoms with Crippen molar-refractivity contribution in [2.24, 2.45) is 11.7 Å². The first-order valence-corrected chi connectivity index (χ1v) is 11.8. The van der Waals surface area contributed by atoms with Gasteiger partial charge in [0.1, 0.15) is 6.04 Å². The van der Waals surface area contributed by atoms with Gasteiger partial charge in [-0.25, -0.2) is 13.5 Å². The van der Waals surface area contributed by atoms with E-state index < -0.39 is 22.0 Å². The fourth-order valence-electron chi connectivity index (χ4n) is 3.12. The Balaban J connectivity index is 2.46. The predicted molar refractivity (Wildman–Crippen MR) is 122 cm³/mol. The van der Waals surface area contributed by atoms with Crippen molar-refractivity contribution in [1.29, 1.82) is 0 Å². The van der Waals surface area contributed by atoms with Crippen molar-refractivity contribution in [3.63, 3.8) is 0 Å². The van der Waals surface area contributed by atoms with Crippen LogP contribution in [0.4, 0.5) is 0 Å². The lowest BCUT2D eigenvalue weighted by Crippen LogP contribution is -2.48. The van der Waals surface area contributed by atoms with Gasteiger partial charge >= 0.3 is 0 Å². The maximum Gasteiger partial charge on any atom is 0.277 e. The topological polar surface area (TPSA) is 110 Å². The number of nitrogens with two attached hydrogens (primary N) is 1. The number of primary amides is 1. The van der Waals surface area contributed by atoms with Gasteiger partial charge in [0.25, 0.3) is 5.91 Å². The first-order chi connectivity index (χ1) is 15.0. The maximum absolute atomic E-state index is 13.5. The third-order valence-corrected chi connectivity index (χ3v) is 7.01. The van der Waals surface area contributed by atoms with Crippen LogP contribution in [-0.2, 0) is 26.2 Å². The molecule has 10 heteroatoms. The van der Waals surface area contributed by atoms with Gasteiger partial charge in [-0.2, -0.15) is 4.31 Å². The lowest BCUT2D eigenvalue weighted by Gasteiger charge is -2.30. The molecule has 0 spiro atoms. The minimum absolute atomic E-state index is 0.00502. The van der Waals surface area contributed by atoms with E-state index in [-0.39, 0.29) is 29.7 Å². The van der Waals surface area contributed by atoms with Crippen LogP contribution in [0.2, 0.25) is 5.02 Å². The average Bonchev–Trinajstić information content (AvgIpc) is 2.75. The molecule has 2 amide bonds.